The third-order valence-electron chi connectivity index (χ3n) is 1.49. The summed E-state index contributed by atoms with van der Waals surface area (Å²) in [7, 11) is 0. The molecule has 0 saturated carbocycles. The summed E-state index contributed by atoms with van der Waals surface area (Å²) in [5.74, 6) is -2.11. The first-order chi connectivity index (χ1) is 5.57. The van der Waals surface area contributed by atoms with Crippen LogP contribution < -0.4 is 0 Å². The Kier molecular flexibility index (Phi) is 2.57. The van der Waals surface area contributed by atoms with Crippen molar-refractivity contribution in [3.8, 4) is 0 Å². The van der Waals surface area contributed by atoms with Crippen LogP contribution in [-0.2, 0) is 0 Å². The number of carbonyl (C=O) groups excluding carboxylic acids is 1. The highest BCUT2D eigenvalue weighted by Gasteiger charge is 2.13. The molecule has 12 heavy (non-hydrogen) atoms. The first-order valence-electron chi connectivity index (χ1n) is 3.17. The number of hydrogen-bond acceptors (Lipinski definition) is 1. The van der Waals surface area contributed by atoms with Crippen molar-refractivity contribution < 1.29 is 13.6 Å². The number of carbonyl (C=O) groups is 1. The summed E-state index contributed by atoms with van der Waals surface area (Å²) in [6.45, 7) is 1.58. The third kappa shape index (κ3) is 1.39. The van der Waals surface area contributed by atoms with E-state index >= 15 is 0 Å². The van der Waals surface area contributed by atoms with Gasteiger partial charge in [0.05, 0.1) is 5.56 Å². The zero-order valence-electron chi connectivity index (χ0n) is 6.20. The summed E-state index contributed by atoms with van der Waals surface area (Å²) >= 11 is 2.99. The molecule has 0 amide bonds. The van der Waals surface area contributed by atoms with E-state index in [1.807, 2.05) is 0 Å². The molecule has 64 valence electrons. The summed E-state index contributed by atoms with van der Waals surface area (Å²) in [5, 5.41) is 0. The molecule has 1 nitrogen and oxygen atoms in total. The van der Waals surface area contributed by atoms with Crippen molar-refractivity contribution in [2.75, 3.05) is 0 Å². The Hall–Kier alpha value is -0.770. The summed E-state index contributed by atoms with van der Waals surface area (Å²) < 4.78 is 25.8. The Morgan fingerprint density at radius 3 is 2.58 bits per heavy atom. The van der Waals surface area contributed by atoms with Gasteiger partial charge in [-0.2, -0.15) is 0 Å². The van der Waals surface area contributed by atoms with Gasteiger partial charge < -0.3 is 0 Å². The number of rotatable bonds is 1. The maximum absolute atomic E-state index is 12.8. The predicted octanol–water partition coefficient (Wildman–Crippen LogP) is 2.85. The standard InChI is InChI=1S/C8H5BrF2O/c1-4-2-6(10)8(11)5(3-12)7(4)9/h2-3H,1H3. The van der Waals surface area contributed by atoms with Crippen molar-refractivity contribution in [1.82, 2.24) is 0 Å². The average molecular weight is 235 g/mol. The lowest BCUT2D eigenvalue weighted by Gasteiger charge is -2.03. The van der Waals surface area contributed by atoms with Crippen molar-refractivity contribution in [3.63, 3.8) is 0 Å². The molecule has 0 aliphatic carbocycles. The van der Waals surface area contributed by atoms with Crippen LogP contribution in [0.5, 0.6) is 0 Å². The van der Waals surface area contributed by atoms with Crippen LogP contribution in [0.3, 0.4) is 0 Å². The van der Waals surface area contributed by atoms with Gasteiger partial charge in [-0.05, 0) is 34.5 Å². The molecular formula is C8H5BrF2O. The van der Waals surface area contributed by atoms with Gasteiger partial charge >= 0.3 is 0 Å². The molecule has 1 aromatic carbocycles. The molecule has 0 unspecified atom stereocenters. The first-order valence-corrected chi connectivity index (χ1v) is 3.96. The number of halogens is 3. The minimum atomic E-state index is -1.11. The second-order valence-electron chi connectivity index (χ2n) is 2.33. The van der Waals surface area contributed by atoms with Gasteiger partial charge in [0.1, 0.15) is 0 Å². The fraction of sp³-hybridized carbons (Fsp3) is 0.125. The van der Waals surface area contributed by atoms with Gasteiger partial charge in [-0.3, -0.25) is 4.79 Å². The summed E-state index contributed by atoms with van der Waals surface area (Å²) in [6.07, 6.45) is 0.287. The Labute approximate surface area is 76.5 Å². The van der Waals surface area contributed by atoms with Crippen molar-refractivity contribution >= 4 is 22.2 Å². The molecule has 0 aromatic heterocycles. The molecule has 0 fully saturated rings. The summed E-state index contributed by atoms with van der Waals surface area (Å²) in [5.41, 5.74) is 0.225. The molecular weight excluding hydrogens is 230 g/mol. The normalized spacial score (nSPS) is 10.0. The third-order valence-corrected chi connectivity index (χ3v) is 2.54. The highest BCUT2D eigenvalue weighted by Crippen LogP contribution is 2.24. The van der Waals surface area contributed by atoms with Gasteiger partial charge in [0.25, 0.3) is 0 Å². The van der Waals surface area contributed by atoms with E-state index in [-0.39, 0.29) is 11.8 Å². The average Bonchev–Trinajstić information content (AvgIpc) is 2.02. The van der Waals surface area contributed by atoms with Crippen LogP contribution >= 0.6 is 15.9 Å². The Morgan fingerprint density at radius 1 is 1.50 bits per heavy atom. The zero-order valence-corrected chi connectivity index (χ0v) is 7.78. The molecule has 0 aliphatic rings. The van der Waals surface area contributed by atoms with E-state index in [0.717, 1.165) is 6.07 Å². The number of benzene rings is 1. The SMILES string of the molecule is Cc1cc(F)c(F)c(C=O)c1Br. The Bertz CT molecular complexity index is 310. The van der Waals surface area contributed by atoms with Crippen LogP contribution in [0.25, 0.3) is 0 Å². The molecule has 0 radical (unpaired) electrons. The van der Waals surface area contributed by atoms with Crippen LogP contribution in [0.15, 0.2) is 10.5 Å². The lowest BCUT2D eigenvalue weighted by molar-refractivity contribution is 0.111. The predicted molar refractivity (Wildman–Crippen MR) is 44.2 cm³/mol. The maximum Gasteiger partial charge on any atom is 0.170 e. The number of aldehydes is 1. The number of hydrogen-bond donors (Lipinski definition) is 0. The maximum atomic E-state index is 12.8. The highest BCUT2D eigenvalue weighted by atomic mass is 79.9. The lowest BCUT2D eigenvalue weighted by Crippen LogP contribution is -1.96. The van der Waals surface area contributed by atoms with E-state index in [1.54, 1.807) is 6.92 Å². The minimum absolute atomic E-state index is 0.271. The van der Waals surface area contributed by atoms with Crippen molar-refractivity contribution in [1.29, 1.82) is 0 Å². The second-order valence-corrected chi connectivity index (χ2v) is 3.13. The second kappa shape index (κ2) is 3.31. The minimum Gasteiger partial charge on any atom is -0.298 e. The molecule has 0 atom stereocenters. The van der Waals surface area contributed by atoms with E-state index in [0.29, 0.717) is 10.0 Å². The fourth-order valence-electron chi connectivity index (χ4n) is 0.858. The first kappa shape index (κ1) is 9.32. The van der Waals surface area contributed by atoms with Crippen LogP contribution in [-0.4, -0.2) is 6.29 Å². The zero-order chi connectivity index (χ0) is 9.30. The molecule has 0 saturated heterocycles. The summed E-state index contributed by atoms with van der Waals surface area (Å²) in [6, 6.07) is 1.03. The molecule has 4 heteroatoms. The van der Waals surface area contributed by atoms with Crippen LogP contribution in [0.2, 0.25) is 0 Å². The van der Waals surface area contributed by atoms with E-state index in [4.69, 9.17) is 0 Å². The van der Waals surface area contributed by atoms with Gasteiger partial charge in [-0.1, -0.05) is 0 Å². The van der Waals surface area contributed by atoms with E-state index in [1.165, 1.54) is 0 Å². The molecule has 0 N–H and O–H groups in total. The Balaban J connectivity index is 3.52. The van der Waals surface area contributed by atoms with Gasteiger partial charge in [0.15, 0.2) is 17.9 Å². The van der Waals surface area contributed by atoms with E-state index in [9.17, 15) is 13.6 Å². The monoisotopic (exact) mass is 234 g/mol. The molecule has 0 aliphatic heterocycles. The lowest BCUT2D eigenvalue weighted by atomic mass is 10.1. The molecule has 0 bridgehead atoms. The highest BCUT2D eigenvalue weighted by molar-refractivity contribution is 9.10. The van der Waals surface area contributed by atoms with Gasteiger partial charge in [0.2, 0.25) is 0 Å². The van der Waals surface area contributed by atoms with Crippen LogP contribution in [0, 0.1) is 18.6 Å². The fourth-order valence-corrected chi connectivity index (χ4v) is 1.24. The largest absolute Gasteiger partial charge is 0.298 e. The summed E-state index contributed by atoms with van der Waals surface area (Å²) in [4.78, 5) is 10.3. The van der Waals surface area contributed by atoms with Gasteiger partial charge in [0, 0.05) is 4.47 Å². The molecule has 1 rings (SSSR count). The van der Waals surface area contributed by atoms with Gasteiger partial charge in [-0.15, -0.1) is 0 Å². The van der Waals surface area contributed by atoms with Crippen LogP contribution in [0.1, 0.15) is 15.9 Å². The molecule has 0 heterocycles. The molecule has 0 spiro atoms. The van der Waals surface area contributed by atoms with E-state index in [2.05, 4.69) is 15.9 Å². The quantitative estimate of drug-likeness (QED) is 0.540. The van der Waals surface area contributed by atoms with Crippen LogP contribution in [0.4, 0.5) is 8.78 Å². The van der Waals surface area contributed by atoms with Crippen molar-refractivity contribution in [2.24, 2.45) is 0 Å². The van der Waals surface area contributed by atoms with E-state index < -0.39 is 11.6 Å². The molecule has 1 aromatic rings. The van der Waals surface area contributed by atoms with Gasteiger partial charge in [-0.25, -0.2) is 8.78 Å². The topological polar surface area (TPSA) is 17.1 Å². The Morgan fingerprint density at radius 2 is 2.08 bits per heavy atom. The van der Waals surface area contributed by atoms with Crippen molar-refractivity contribution in [3.05, 3.63) is 33.3 Å². The smallest absolute Gasteiger partial charge is 0.170 e. The number of aryl methyl sites for hydroxylation is 1. The van der Waals surface area contributed by atoms with Crippen molar-refractivity contribution in [2.45, 2.75) is 6.92 Å².